The Labute approximate surface area is 107 Å². The summed E-state index contributed by atoms with van der Waals surface area (Å²) in [6.07, 6.45) is 0. The molecule has 0 N–H and O–H groups in total. The number of hydrogen-bond acceptors (Lipinski definition) is 2. The van der Waals surface area contributed by atoms with Gasteiger partial charge in [0.1, 0.15) is 5.75 Å². The topological polar surface area (TPSA) is 33.0 Å². The maximum absolute atomic E-state index is 8.92. The van der Waals surface area contributed by atoms with E-state index in [-0.39, 0.29) is 0 Å². The molecule has 0 spiro atoms. The van der Waals surface area contributed by atoms with Crippen LogP contribution in [0.4, 0.5) is 0 Å². The van der Waals surface area contributed by atoms with Crippen molar-refractivity contribution in [3.8, 4) is 22.9 Å². The molecule has 0 saturated heterocycles. The van der Waals surface area contributed by atoms with Crippen molar-refractivity contribution in [2.75, 3.05) is 6.61 Å². The van der Waals surface area contributed by atoms with Gasteiger partial charge in [-0.2, -0.15) is 5.26 Å². The van der Waals surface area contributed by atoms with Gasteiger partial charge < -0.3 is 4.74 Å². The van der Waals surface area contributed by atoms with E-state index in [1.54, 1.807) is 0 Å². The Kier molecular flexibility index (Phi) is 3.64. The monoisotopic (exact) mass is 237 g/mol. The fourth-order valence-corrected chi connectivity index (χ4v) is 1.90. The number of aryl methyl sites for hydroxylation is 1. The van der Waals surface area contributed by atoms with Gasteiger partial charge in [0, 0.05) is 0 Å². The minimum Gasteiger partial charge on any atom is -0.494 e. The Morgan fingerprint density at radius 3 is 2.56 bits per heavy atom. The SMILES string of the molecule is CCOc1cccc(-c2ccc(C#N)c(C)c2)c1. The first-order chi connectivity index (χ1) is 8.74. The Balaban J connectivity index is 2.40. The van der Waals surface area contributed by atoms with Crippen LogP contribution in [0, 0.1) is 18.3 Å². The molecule has 2 rings (SSSR count). The molecule has 0 fully saturated rings. The largest absolute Gasteiger partial charge is 0.494 e. The van der Waals surface area contributed by atoms with Gasteiger partial charge >= 0.3 is 0 Å². The molecule has 0 saturated carbocycles. The zero-order valence-corrected chi connectivity index (χ0v) is 10.6. The van der Waals surface area contributed by atoms with E-state index >= 15 is 0 Å². The first-order valence-corrected chi connectivity index (χ1v) is 5.98. The molecule has 0 unspecified atom stereocenters. The molecule has 0 radical (unpaired) electrons. The summed E-state index contributed by atoms with van der Waals surface area (Å²) in [5.74, 6) is 0.872. The van der Waals surface area contributed by atoms with Gasteiger partial charge in [-0.25, -0.2) is 0 Å². The lowest BCUT2D eigenvalue weighted by Gasteiger charge is -2.07. The fraction of sp³-hybridized carbons (Fsp3) is 0.188. The van der Waals surface area contributed by atoms with Crippen LogP contribution in [0.1, 0.15) is 18.1 Å². The van der Waals surface area contributed by atoms with Crippen LogP contribution in [-0.2, 0) is 0 Å². The molecule has 2 nitrogen and oxygen atoms in total. The minimum absolute atomic E-state index is 0.663. The molecule has 0 heterocycles. The summed E-state index contributed by atoms with van der Waals surface area (Å²) in [6, 6.07) is 16.0. The molecular formula is C16H15NO. The molecule has 0 aromatic heterocycles. The molecule has 2 aromatic rings. The van der Waals surface area contributed by atoms with E-state index < -0.39 is 0 Å². The average Bonchev–Trinajstić information content (AvgIpc) is 2.39. The highest BCUT2D eigenvalue weighted by atomic mass is 16.5. The fourth-order valence-electron chi connectivity index (χ4n) is 1.90. The van der Waals surface area contributed by atoms with Crippen molar-refractivity contribution in [1.82, 2.24) is 0 Å². The van der Waals surface area contributed by atoms with E-state index in [1.165, 1.54) is 0 Å². The molecule has 0 aliphatic rings. The molecular weight excluding hydrogens is 222 g/mol. The zero-order valence-electron chi connectivity index (χ0n) is 10.6. The molecule has 2 heteroatoms. The maximum atomic E-state index is 8.92. The number of benzene rings is 2. The van der Waals surface area contributed by atoms with E-state index in [1.807, 2.05) is 56.3 Å². The third-order valence-corrected chi connectivity index (χ3v) is 2.83. The van der Waals surface area contributed by atoms with Crippen LogP contribution in [0.2, 0.25) is 0 Å². The van der Waals surface area contributed by atoms with Gasteiger partial charge in [-0.15, -0.1) is 0 Å². The van der Waals surface area contributed by atoms with Crippen LogP contribution < -0.4 is 4.74 Å². The van der Waals surface area contributed by atoms with Gasteiger partial charge in [-0.05, 0) is 48.7 Å². The van der Waals surface area contributed by atoms with Crippen LogP contribution >= 0.6 is 0 Å². The Morgan fingerprint density at radius 2 is 1.89 bits per heavy atom. The summed E-state index contributed by atoms with van der Waals surface area (Å²) >= 11 is 0. The molecule has 18 heavy (non-hydrogen) atoms. The normalized spacial score (nSPS) is 9.83. The van der Waals surface area contributed by atoms with Crippen molar-refractivity contribution in [2.24, 2.45) is 0 Å². The summed E-state index contributed by atoms with van der Waals surface area (Å²) < 4.78 is 5.49. The van der Waals surface area contributed by atoms with Crippen molar-refractivity contribution < 1.29 is 4.74 Å². The molecule has 90 valence electrons. The van der Waals surface area contributed by atoms with Crippen molar-refractivity contribution in [3.63, 3.8) is 0 Å². The predicted octanol–water partition coefficient (Wildman–Crippen LogP) is 3.93. The summed E-state index contributed by atoms with van der Waals surface area (Å²) in [4.78, 5) is 0. The van der Waals surface area contributed by atoms with Crippen LogP contribution in [0.25, 0.3) is 11.1 Å². The lowest BCUT2D eigenvalue weighted by Crippen LogP contribution is -1.91. The second-order valence-corrected chi connectivity index (χ2v) is 4.10. The second kappa shape index (κ2) is 5.37. The summed E-state index contributed by atoms with van der Waals surface area (Å²) in [7, 11) is 0. The van der Waals surface area contributed by atoms with Crippen molar-refractivity contribution >= 4 is 0 Å². The summed E-state index contributed by atoms with van der Waals surface area (Å²) in [5, 5.41) is 8.92. The van der Waals surface area contributed by atoms with Gasteiger partial charge in [0.2, 0.25) is 0 Å². The molecule has 2 aromatic carbocycles. The van der Waals surface area contributed by atoms with Gasteiger partial charge in [0.25, 0.3) is 0 Å². The smallest absolute Gasteiger partial charge is 0.119 e. The predicted molar refractivity (Wildman–Crippen MR) is 72.5 cm³/mol. The Hall–Kier alpha value is -2.27. The number of nitriles is 1. The highest BCUT2D eigenvalue weighted by Gasteiger charge is 2.03. The highest BCUT2D eigenvalue weighted by Crippen LogP contribution is 2.25. The summed E-state index contributed by atoms with van der Waals surface area (Å²) in [6.45, 7) is 4.59. The van der Waals surface area contributed by atoms with Crippen LogP contribution in [0.15, 0.2) is 42.5 Å². The summed E-state index contributed by atoms with van der Waals surface area (Å²) in [5.41, 5.74) is 3.93. The molecule has 0 atom stereocenters. The quantitative estimate of drug-likeness (QED) is 0.810. The Bertz CT molecular complexity index is 596. The zero-order chi connectivity index (χ0) is 13.0. The average molecular weight is 237 g/mol. The van der Waals surface area contributed by atoms with Crippen molar-refractivity contribution in [2.45, 2.75) is 13.8 Å². The van der Waals surface area contributed by atoms with E-state index in [9.17, 15) is 0 Å². The van der Waals surface area contributed by atoms with Gasteiger partial charge in [-0.1, -0.05) is 24.3 Å². The van der Waals surface area contributed by atoms with Gasteiger partial charge in [0.15, 0.2) is 0 Å². The van der Waals surface area contributed by atoms with Crippen molar-refractivity contribution in [3.05, 3.63) is 53.6 Å². The van der Waals surface area contributed by atoms with E-state index in [0.717, 1.165) is 28.0 Å². The molecule has 0 aliphatic carbocycles. The van der Waals surface area contributed by atoms with E-state index in [4.69, 9.17) is 10.00 Å². The number of rotatable bonds is 3. The molecule has 0 bridgehead atoms. The molecule has 0 amide bonds. The highest BCUT2D eigenvalue weighted by molar-refractivity contribution is 5.67. The first kappa shape index (κ1) is 12.2. The Morgan fingerprint density at radius 1 is 1.11 bits per heavy atom. The lowest BCUT2D eigenvalue weighted by atomic mass is 10.0. The van der Waals surface area contributed by atoms with Gasteiger partial charge in [-0.3, -0.25) is 0 Å². The lowest BCUT2D eigenvalue weighted by molar-refractivity contribution is 0.340. The third kappa shape index (κ3) is 2.52. The third-order valence-electron chi connectivity index (χ3n) is 2.83. The number of hydrogen-bond donors (Lipinski definition) is 0. The van der Waals surface area contributed by atoms with Crippen molar-refractivity contribution in [1.29, 1.82) is 5.26 Å². The number of ether oxygens (including phenoxy) is 1. The first-order valence-electron chi connectivity index (χ1n) is 5.98. The minimum atomic E-state index is 0.663. The standard InChI is InChI=1S/C16H15NO/c1-3-18-16-6-4-5-13(10-16)14-7-8-15(11-17)12(2)9-14/h4-10H,3H2,1-2H3. The second-order valence-electron chi connectivity index (χ2n) is 4.10. The van der Waals surface area contributed by atoms with E-state index in [2.05, 4.69) is 6.07 Å². The van der Waals surface area contributed by atoms with Crippen LogP contribution in [0.3, 0.4) is 0 Å². The van der Waals surface area contributed by atoms with Gasteiger partial charge in [0.05, 0.1) is 18.2 Å². The maximum Gasteiger partial charge on any atom is 0.119 e. The molecule has 0 aliphatic heterocycles. The number of nitrogens with zero attached hydrogens (tertiary/aromatic N) is 1. The van der Waals surface area contributed by atoms with E-state index in [0.29, 0.717) is 6.61 Å². The van der Waals surface area contributed by atoms with Crippen LogP contribution in [0.5, 0.6) is 5.75 Å². The van der Waals surface area contributed by atoms with Crippen LogP contribution in [-0.4, -0.2) is 6.61 Å².